The van der Waals surface area contributed by atoms with Crippen molar-refractivity contribution in [2.24, 2.45) is 11.8 Å². The fourth-order valence-corrected chi connectivity index (χ4v) is 2.81. The van der Waals surface area contributed by atoms with Gasteiger partial charge in [0.2, 0.25) is 0 Å². The summed E-state index contributed by atoms with van der Waals surface area (Å²) in [6, 6.07) is 0.492. The molecule has 1 aliphatic rings. The second kappa shape index (κ2) is 7.34. The molecule has 0 aliphatic heterocycles. The zero-order chi connectivity index (χ0) is 12.8. The van der Waals surface area contributed by atoms with Crippen molar-refractivity contribution >= 4 is 0 Å². The Bertz CT molecular complexity index is 208. The van der Waals surface area contributed by atoms with Crippen LogP contribution in [0.25, 0.3) is 0 Å². The molecule has 3 unspecified atom stereocenters. The van der Waals surface area contributed by atoms with E-state index < -0.39 is 0 Å². The van der Waals surface area contributed by atoms with Crippen molar-refractivity contribution in [3.05, 3.63) is 0 Å². The molecule has 1 aliphatic carbocycles. The minimum atomic E-state index is -0.124. The zero-order valence-corrected chi connectivity index (χ0v) is 11.6. The lowest BCUT2D eigenvalue weighted by atomic mass is 9.80. The third kappa shape index (κ3) is 4.94. The SMILES string of the molecule is CC1CCC(O)C(CN(CCCO)C(C)C)C1. The van der Waals surface area contributed by atoms with Crippen molar-refractivity contribution < 1.29 is 10.2 Å². The van der Waals surface area contributed by atoms with Gasteiger partial charge in [-0.15, -0.1) is 0 Å². The Morgan fingerprint density at radius 3 is 2.59 bits per heavy atom. The Labute approximate surface area is 106 Å². The number of hydrogen-bond acceptors (Lipinski definition) is 3. The van der Waals surface area contributed by atoms with Crippen LogP contribution in [-0.2, 0) is 0 Å². The fourth-order valence-electron chi connectivity index (χ4n) is 2.81. The van der Waals surface area contributed by atoms with E-state index in [0.29, 0.717) is 12.0 Å². The molecular formula is C14H29NO2. The summed E-state index contributed by atoms with van der Waals surface area (Å²) >= 11 is 0. The third-order valence-corrected chi connectivity index (χ3v) is 4.01. The molecule has 0 aromatic rings. The van der Waals surface area contributed by atoms with E-state index >= 15 is 0 Å². The molecule has 0 bridgehead atoms. The van der Waals surface area contributed by atoms with Gasteiger partial charge in [0.15, 0.2) is 0 Å². The number of nitrogens with zero attached hydrogens (tertiary/aromatic N) is 1. The predicted molar refractivity (Wildman–Crippen MR) is 70.9 cm³/mol. The second-order valence-electron chi connectivity index (χ2n) is 5.91. The fraction of sp³-hybridized carbons (Fsp3) is 1.00. The molecule has 17 heavy (non-hydrogen) atoms. The van der Waals surface area contributed by atoms with Crippen LogP contribution in [0.4, 0.5) is 0 Å². The molecule has 1 fully saturated rings. The molecule has 0 amide bonds. The predicted octanol–water partition coefficient (Wildman–Crippen LogP) is 1.88. The number of rotatable bonds is 6. The molecule has 3 atom stereocenters. The van der Waals surface area contributed by atoms with E-state index in [4.69, 9.17) is 5.11 Å². The van der Waals surface area contributed by atoms with Crippen LogP contribution in [0.15, 0.2) is 0 Å². The van der Waals surface area contributed by atoms with Crippen LogP contribution < -0.4 is 0 Å². The van der Waals surface area contributed by atoms with Gasteiger partial charge in [-0.3, -0.25) is 0 Å². The van der Waals surface area contributed by atoms with Gasteiger partial charge in [-0.2, -0.15) is 0 Å². The standard InChI is InChI=1S/C14H29NO2/c1-11(2)15(7-4-8-16)10-13-9-12(3)5-6-14(13)17/h11-14,16-17H,4-10H2,1-3H3. The number of aliphatic hydroxyl groups excluding tert-OH is 2. The maximum Gasteiger partial charge on any atom is 0.0580 e. The summed E-state index contributed by atoms with van der Waals surface area (Å²) in [4.78, 5) is 2.39. The lowest BCUT2D eigenvalue weighted by molar-refractivity contribution is 0.0234. The normalized spacial score (nSPS) is 30.2. The van der Waals surface area contributed by atoms with E-state index in [-0.39, 0.29) is 12.7 Å². The maximum absolute atomic E-state index is 10.1. The highest BCUT2D eigenvalue weighted by Gasteiger charge is 2.28. The Balaban J connectivity index is 2.46. The van der Waals surface area contributed by atoms with E-state index in [2.05, 4.69) is 25.7 Å². The summed E-state index contributed by atoms with van der Waals surface area (Å²) in [5.41, 5.74) is 0. The van der Waals surface area contributed by atoms with Crippen molar-refractivity contribution in [2.45, 2.75) is 58.6 Å². The topological polar surface area (TPSA) is 43.7 Å². The van der Waals surface area contributed by atoms with E-state index in [9.17, 15) is 5.11 Å². The molecule has 0 radical (unpaired) electrons. The lowest BCUT2D eigenvalue weighted by Gasteiger charge is -2.37. The molecule has 1 saturated carbocycles. The Kier molecular flexibility index (Phi) is 6.45. The van der Waals surface area contributed by atoms with E-state index in [1.807, 2.05) is 0 Å². The van der Waals surface area contributed by atoms with Gasteiger partial charge >= 0.3 is 0 Å². The van der Waals surface area contributed by atoms with E-state index in [1.165, 1.54) is 0 Å². The van der Waals surface area contributed by atoms with Crippen LogP contribution in [-0.4, -0.2) is 47.0 Å². The first-order valence-electron chi connectivity index (χ1n) is 7.07. The molecule has 2 N–H and O–H groups in total. The monoisotopic (exact) mass is 243 g/mol. The summed E-state index contributed by atoms with van der Waals surface area (Å²) in [6.45, 7) is 8.83. The maximum atomic E-state index is 10.1. The highest BCUT2D eigenvalue weighted by atomic mass is 16.3. The highest BCUT2D eigenvalue weighted by molar-refractivity contribution is 4.81. The van der Waals surface area contributed by atoms with Crippen molar-refractivity contribution in [2.75, 3.05) is 19.7 Å². The lowest BCUT2D eigenvalue weighted by Crippen LogP contribution is -2.42. The van der Waals surface area contributed by atoms with Gasteiger partial charge in [-0.1, -0.05) is 6.92 Å². The van der Waals surface area contributed by atoms with Crippen LogP contribution in [0, 0.1) is 11.8 Å². The average molecular weight is 243 g/mol. The minimum absolute atomic E-state index is 0.124. The van der Waals surface area contributed by atoms with Crippen molar-refractivity contribution in [3.63, 3.8) is 0 Å². The Morgan fingerprint density at radius 1 is 1.29 bits per heavy atom. The Hall–Kier alpha value is -0.120. The van der Waals surface area contributed by atoms with Crippen molar-refractivity contribution in [1.29, 1.82) is 0 Å². The molecular weight excluding hydrogens is 214 g/mol. The first-order valence-corrected chi connectivity index (χ1v) is 7.07. The van der Waals surface area contributed by atoms with Gasteiger partial charge < -0.3 is 15.1 Å². The first-order chi connectivity index (χ1) is 8.04. The number of hydrogen-bond donors (Lipinski definition) is 2. The van der Waals surface area contributed by atoms with E-state index in [0.717, 1.165) is 44.7 Å². The molecule has 0 aromatic heterocycles. The van der Waals surface area contributed by atoms with Crippen LogP contribution in [0.5, 0.6) is 0 Å². The molecule has 0 aromatic carbocycles. The van der Waals surface area contributed by atoms with Crippen LogP contribution in [0.2, 0.25) is 0 Å². The van der Waals surface area contributed by atoms with Crippen LogP contribution >= 0.6 is 0 Å². The zero-order valence-electron chi connectivity index (χ0n) is 11.6. The molecule has 102 valence electrons. The summed E-state index contributed by atoms with van der Waals surface area (Å²) < 4.78 is 0. The summed E-state index contributed by atoms with van der Waals surface area (Å²) in [7, 11) is 0. The van der Waals surface area contributed by atoms with E-state index in [1.54, 1.807) is 0 Å². The second-order valence-corrected chi connectivity index (χ2v) is 5.91. The first kappa shape index (κ1) is 14.9. The van der Waals surface area contributed by atoms with Gasteiger partial charge in [0.05, 0.1) is 6.10 Å². The van der Waals surface area contributed by atoms with Gasteiger partial charge in [-0.05, 0) is 51.4 Å². The number of aliphatic hydroxyl groups is 2. The van der Waals surface area contributed by atoms with Crippen LogP contribution in [0.1, 0.15) is 46.5 Å². The summed E-state index contributed by atoms with van der Waals surface area (Å²) in [5.74, 6) is 1.16. The molecule has 0 heterocycles. The average Bonchev–Trinajstić information content (AvgIpc) is 2.28. The summed E-state index contributed by atoms with van der Waals surface area (Å²) in [5, 5.41) is 19.0. The van der Waals surface area contributed by atoms with Crippen molar-refractivity contribution in [3.8, 4) is 0 Å². The Morgan fingerprint density at radius 2 is 2.00 bits per heavy atom. The smallest absolute Gasteiger partial charge is 0.0580 e. The molecule has 0 spiro atoms. The minimum Gasteiger partial charge on any atom is -0.396 e. The summed E-state index contributed by atoms with van der Waals surface area (Å²) in [6.07, 6.45) is 3.97. The molecule has 3 nitrogen and oxygen atoms in total. The highest BCUT2D eigenvalue weighted by Crippen LogP contribution is 2.30. The molecule has 1 rings (SSSR count). The van der Waals surface area contributed by atoms with Gasteiger partial charge in [-0.25, -0.2) is 0 Å². The van der Waals surface area contributed by atoms with Crippen LogP contribution in [0.3, 0.4) is 0 Å². The molecule has 0 saturated heterocycles. The van der Waals surface area contributed by atoms with Gasteiger partial charge in [0, 0.05) is 25.7 Å². The molecule has 3 heteroatoms. The van der Waals surface area contributed by atoms with Crippen molar-refractivity contribution in [1.82, 2.24) is 4.90 Å². The third-order valence-electron chi connectivity index (χ3n) is 4.01. The quantitative estimate of drug-likeness (QED) is 0.748. The largest absolute Gasteiger partial charge is 0.396 e. The van der Waals surface area contributed by atoms with Gasteiger partial charge in [0.25, 0.3) is 0 Å². The van der Waals surface area contributed by atoms with Gasteiger partial charge in [0.1, 0.15) is 0 Å².